The Balaban J connectivity index is 1.47. The number of pyridine rings is 1. The molecule has 0 bridgehead atoms. The molecular weight excluding hydrogens is 358 g/mol. The lowest BCUT2D eigenvalue weighted by Gasteiger charge is -2.34. The molecule has 0 aliphatic carbocycles. The van der Waals surface area contributed by atoms with Crippen LogP contribution in [0.4, 0.5) is 5.69 Å². The lowest BCUT2D eigenvalue weighted by atomic mass is 10.00. The predicted molar refractivity (Wildman–Crippen MR) is 119 cm³/mol. The molecular formula is C25H25N3O. The average Bonchev–Trinajstić information content (AvgIpc) is 3.21. The molecule has 1 saturated heterocycles. The van der Waals surface area contributed by atoms with Gasteiger partial charge in [0.1, 0.15) is 11.8 Å². The summed E-state index contributed by atoms with van der Waals surface area (Å²) in [5.74, 6) is 0. The second-order valence-electron chi connectivity index (χ2n) is 7.83. The first-order chi connectivity index (χ1) is 14.2. The molecule has 29 heavy (non-hydrogen) atoms. The van der Waals surface area contributed by atoms with Crippen molar-refractivity contribution in [2.75, 3.05) is 38.1 Å². The maximum atomic E-state index is 5.95. The Kier molecular flexibility index (Phi) is 4.57. The summed E-state index contributed by atoms with van der Waals surface area (Å²) in [4.78, 5) is 9.60. The summed E-state index contributed by atoms with van der Waals surface area (Å²) < 4.78 is 5.95. The average molecular weight is 383 g/mol. The van der Waals surface area contributed by atoms with Crippen molar-refractivity contribution in [3.8, 4) is 22.3 Å². The summed E-state index contributed by atoms with van der Waals surface area (Å²) in [6, 6.07) is 19.1. The number of piperazine rings is 1. The Bertz CT molecular complexity index is 1120. The minimum Gasteiger partial charge on any atom is -0.462 e. The molecule has 4 heteroatoms. The zero-order valence-corrected chi connectivity index (χ0v) is 16.9. The van der Waals surface area contributed by atoms with Gasteiger partial charge in [0, 0.05) is 54.8 Å². The molecule has 4 nitrogen and oxygen atoms in total. The molecule has 2 aromatic heterocycles. The van der Waals surface area contributed by atoms with E-state index in [0.29, 0.717) is 0 Å². The van der Waals surface area contributed by atoms with Crippen LogP contribution in [0.1, 0.15) is 5.56 Å². The summed E-state index contributed by atoms with van der Waals surface area (Å²) in [6.45, 7) is 6.51. The maximum absolute atomic E-state index is 5.95. The van der Waals surface area contributed by atoms with Crippen LogP contribution in [0.3, 0.4) is 0 Å². The van der Waals surface area contributed by atoms with Crippen molar-refractivity contribution in [3.63, 3.8) is 0 Å². The molecule has 2 aromatic carbocycles. The third-order valence-corrected chi connectivity index (χ3v) is 5.96. The highest BCUT2D eigenvalue weighted by Crippen LogP contribution is 2.35. The molecule has 0 saturated carbocycles. The molecule has 0 unspecified atom stereocenters. The van der Waals surface area contributed by atoms with Gasteiger partial charge in [-0.25, -0.2) is 0 Å². The lowest BCUT2D eigenvalue weighted by Crippen LogP contribution is -2.44. The van der Waals surface area contributed by atoms with Gasteiger partial charge < -0.3 is 14.2 Å². The van der Waals surface area contributed by atoms with Crippen molar-refractivity contribution in [2.24, 2.45) is 0 Å². The fourth-order valence-electron chi connectivity index (χ4n) is 4.12. The van der Waals surface area contributed by atoms with Crippen LogP contribution >= 0.6 is 0 Å². The number of anilines is 1. The van der Waals surface area contributed by atoms with Gasteiger partial charge in [-0.05, 0) is 37.2 Å². The van der Waals surface area contributed by atoms with E-state index in [1.807, 2.05) is 30.7 Å². The Morgan fingerprint density at radius 3 is 2.24 bits per heavy atom. The van der Waals surface area contributed by atoms with Gasteiger partial charge in [-0.1, -0.05) is 42.5 Å². The van der Waals surface area contributed by atoms with Crippen LogP contribution in [-0.4, -0.2) is 43.1 Å². The van der Waals surface area contributed by atoms with Gasteiger partial charge in [0.05, 0.1) is 0 Å². The first kappa shape index (κ1) is 18.0. The van der Waals surface area contributed by atoms with E-state index >= 15 is 0 Å². The van der Waals surface area contributed by atoms with Crippen LogP contribution in [0.2, 0.25) is 0 Å². The van der Waals surface area contributed by atoms with Crippen molar-refractivity contribution in [1.82, 2.24) is 9.88 Å². The fourth-order valence-corrected chi connectivity index (χ4v) is 4.12. The minimum atomic E-state index is 0.865. The lowest BCUT2D eigenvalue weighted by molar-refractivity contribution is 0.313. The number of benzene rings is 2. The topological polar surface area (TPSA) is 32.5 Å². The summed E-state index contributed by atoms with van der Waals surface area (Å²) in [6.07, 6.45) is 3.80. The Morgan fingerprint density at radius 1 is 0.828 bits per heavy atom. The smallest absolute Gasteiger partial charge is 0.156 e. The molecule has 0 spiro atoms. The van der Waals surface area contributed by atoms with Crippen LogP contribution in [0.15, 0.2) is 71.5 Å². The maximum Gasteiger partial charge on any atom is 0.156 e. The van der Waals surface area contributed by atoms with Crippen LogP contribution in [-0.2, 0) is 0 Å². The van der Waals surface area contributed by atoms with E-state index in [0.717, 1.165) is 59.5 Å². The number of rotatable bonds is 3. The largest absolute Gasteiger partial charge is 0.462 e. The molecule has 0 radical (unpaired) electrons. The van der Waals surface area contributed by atoms with Gasteiger partial charge in [0.25, 0.3) is 0 Å². The number of aromatic nitrogens is 1. The van der Waals surface area contributed by atoms with E-state index in [1.165, 1.54) is 11.3 Å². The molecule has 4 aromatic rings. The van der Waals surface area contributed by atoms with Gasteiger partial charge in [0.2, 0.25) is 0 Å². The van der Waals surface area contributed by atoms with Crippen LogP contribution in [0.5, 0.6) is 0 Å². The second kappa shape index (κ2) is 7.37. The summed E-state index contributed by atoms with van der Waals surface area (Å²) in [5, 5.41) is 0. The van der Waals surface area contributed by atoms with E-state index in [1.54, 1.807) is 0 Å². The number of fused-ring (bicyclic) bond motifs is 1. The van der Waals surface area contributed by atoms with Crippen LogP contribution in [0.25, 0.3) is 33.4 Å². The molecule has 3 heterocycles. The second-order valence-corrected chi connectivity index (χ2v) is 7.83. The van der Waals surface area contributed by atoms with E-state index in [2.05, 4.69) is 60.2 Å². The number of furan rings is 1. The molecule has 1 fully saturated rings. The third kappa shape index (κ3) is 3.30. The predicted octanol–water partition coefficient (Wildman–Crippen LogP) is 5.22. The van der Waals surface area contributed by atoms with E-state index < -0.39 is 0 Å². The number of nitrogens with zero attached hydrogens (tertiary/aromatic N) is 3. The number of likely N-dealkylation sites (N-methyl/N-ethyl adjacent to an activating group) is 1. The number of hydrogen-bond donors (Lipinski definition) is 0. The van der Waals surface area contributed by atoms with Crippen molar-refractivity contribution in [1.29, 1.82) is 0 Å². The van der Waals surface area contributed by atoms with E-state index in [4.69, 9.17) is 9.40 Å². The van der Waals surface area contributed by atoms with Gasteiger partial charge in [-0.2, -0.15) is 0 Å². The first-order valence-electron chi connectivity index (χ1n) is 10.2. The molecule has 5 rings (SSSR count). The van der Waals surface area contributed by atoms with Crippen molar-refractivity contribution in [3.05, 3.63) is 72.6 Å². The Hall–Kier alpha value is -3.11. The normalized spacial score (nSPS) is 15.2. The van der Waals surface area contributed by atoms with Gasteiger partial charge in [-0.3, -0.25) is 4.98 Å². The Labute approximate surface area is 171 Å². The zero-order valence-electron chi connectivity index (χ0n) is 16.9. The molecule has 146 valence electrons. The molecule has 0 atom stereocenters. The van der Waals surface area contributed by atoms with E-state index in [-0.39, 0.29) is 0 Å². The van der Waals surface area contributed by atoms with Gasteiger partial charge in [-0.15, -0.1) is 0 Å². The van der Waals surface area contributed by atoms with Crippen LogP contribution in [0, 0.1) is 6.92 Å². The van der Waals surface area contributed by atoms with Crippen LogP contribution < -0.4 is 4.90 Å². The van der Waals surface area contributed by atoms with Gasteiger partial charge >= 0.3 is 0 Å². The van der Waals surface area contributed by atoms with Crippen molar-refractivity contribution < 1.29 is 4.42 Å². The quantitative estimate of drug-likeness (QED) is 0.485. The highest BCUT2D eigenvalue weighted by Gasteiger charge is 2.16. The standard InChI is InChI=1S/C25H25N3O/c1-18-22(20-8-10-21(11-9-20)28-14-12-27(2)13-15-28)16-26-24-23(17-29-25(18)24)19-6-4-3-5-7-19/h3-11,16-17H,12-15H2,1-2H3. The summed E-state index contributed by atoms with van der Waals surface area (Å²) in [7, 11) is 2.18. The van der Waals surface area contributed by atoms with Crippen molar-refractivity contribution >= 4 is 16.8 Å². The fraction of sp³-hybridized carbons (Fsp3) is 0.240. The molecule has 1 aliphatic heterocycles. The zero-order chi connectivity index (χ0) is 19.8. The highest BCUT2D eigenvalue weighted by atomic mass is 16.3. The molecule has 1 aliphatic rings. The third-order valence-electron chi connectivity index (χ3n) is 5.96. The summed E-state index contributed by atoms with van der Waals surface area (Å²) >= 11 is 0. The van der Waals surface area contributed by atoms with Gasteiger partial charge in [0.15, 0.2) is 5.58 Å². The minimum absolute atomic E-state index is 0.865. The summed E-state index contributed by atoms with van der Waals surface area (Å²) in [5.41, 5.74) is 8.67. The molecule has 0 N–H and O–H groups in total. The molecule has 0 amide bonds. The van der Waals surface area contributed by atoms with Crippen molar-refractivity contribution in [2.45, 2.75) is 6.92 Å². The highest BCUT2D eigenvalue weighted by molar-refractivity contribution is 5.95. The monoisotopic (exact) mass is 383 g/mol. The Morgan fingerprint density at radius 2 is 1.52 bits per heavy atom. The van der Waals surface area contributed by atoms with E-state index in [9.17, 15) is 0 Å². The number of aryl methyl sites for hydroxylation is 1. The SMILES string of the molecule is Cc1c(-c2ccc(N3CCN(C)CC3)cc2)cnc2c(-c3ccccc3)coc12. The first-order valence-corrected chi connectivity index (χ1v) is 10.2. The number of hydrogen-bond acceptors (Lipinski definition) is 4.